The van der Waals surface area contributed by atoms with Crippen molar-refractivity contribution in [3.63, 3.8) is 0 Å². The van der Waals surface area contributed by atoms with Gasteiger partial charge in [0, 0.05) is 20.1 Å². The fraction of sp³-hybridized carbons (Fsp3) is 0.625. The molecule has 0 aromatic carbocycles. The summed E-state index contributed by atoms with van der Waals surface area (Å²) in [6.07, 6.45) is 0. The Kier molecular flexibility index (Phi) is 2.55. The van der Waals surface area contributed by atoms with E-state index in [1.165, 1.54) is 7.05 Å². The number of nitrogens with zero attached hydrogens (tertiary/aromatic N) is 3. The highest BCUT2D eigenvalue weighted by atomic mass is 16.5. The molecule has 0 bridgehead atoms. The van der Waals surface area contributed by atoms with E-state index in [9.17, 15) is 9.59 Å². The minimum Gasteiger partial charge on any atom is -0.378 e. The van der Waals surface area contributed by atoms with Gasteiger partial charge in [-0.1, -0.05) is 0 Å². The van der Waals surface area contributed by atoms with E-state index in [-0.39, 0.29) is 0 Å². The molecule has 15 heavy (non-hydrogen) atoms. The Labute approximate surface area is 85.3 Å². The zero-order valence-electron chi connectivity index (χ0n) is 8.39. The van der Waals surface area contributed by atoms with Gasteiger partial charge in [0.25, 0.3) is 0 Å². The van der Waals surface area contributed by atoms with Crippen LogP contribution in [0.5, 0.6) is 0 Å². The zero-order chi connectivity index (χ0) is 10.8. The average Bonchev–Trinajstić information content (AvgIpc) is 2.26. The molecule has 1 saturated heterocycles. The van der Waals surface area contributed by atoms with Crippen molar-refractivity contribution in [2.45, 2.75) is 0 Å². The van der Waals surface area contributed by atoms with Crippen molar-refractivity contribution in [3.8, 4) is 0 Å². The second kappa shape index (κ2) is 3.85. The van der Waals surface area contributed by atoms with Crippen molar-refractivity contribution >= 4 is 5.95 Å². The van der Waals surface area contributed by atoms with Gasteiger partial charge in [-0.15, -0.1) is 0 Å². The van der Waals surface area contributed by atoms with E-state index in [1.54, 1.807) is 0 Å². The first-order chi connectivity index (χ1) is 7.18. The number of nitrogens with one attached hydrogen (secondary N) is 1. The summed E-state index contributed by atoms with van der Waals surface area (Å²) in [5.74, 6) is 0.325. The monoisotopic (exact) mass is 212 g/mol. The predicted molar refractivity (Wildman–Crippen MR) is 53.1 cm³/mol. The van der Waals surface area contributed by atoms with Crippen molar-refractivity contribution < 1.29 is 4.74 Å². The Morgan fingerprint density at radius 3 is 2.60 bits per heavy atom. The molecule has 1 aromatic rings. The quantitative estimate of drug-likeness (QED) is 0.600. The van der Waals surface area contributed by atoms with E-state index in [0.717, 1.165) is 4.57 Å². The third-order valence-electron chi connectivity index (χ3n) is 2.32. The summed E-state index contributed by atoms with van der Waals surface area (Å²) in [6, 6.07) is 0. The molecule has 7 nitrogen and oxygen atoms in total. The molecule has 0 spiro atoms. The minimum absolute atomic E-state index is 0.325. The molecule has 1 fully saturated rings. The summed E-state index contributed by atoms with van der Waals surface area (Å²) in [4.78, 5) is 30.7. The highest BCUT2D eigenvalue weighted by molar-refractivity contribution is 5.27. The summed E-state index contributed by atoms with van der Waals surface area (Å²) in [5.41, 5.74) is -0.989. The summed E-state index contributed by atoms with van der Waals surface area (Å²) in [7, 11) is 1.39. The molecule has 1 aromatic heterocycles. The molecule has 0 radical (unpaired) electrons. The van der Waals surface area contributed by atoms with E-state index in [2.05, 4.69) is 9.97 Å². The molecular weight excluding hydrogens is 200 g/mol. The summed E-state index contributed by atoms with van der Waals surface area (Å²) in [5, 5.41) is 0. The number of hydrogen-bond donors (Lipinski definition) is 1. The minimum atomic E-state index is -0.541. The third kappa shape index (κ3) is 1.91. The molecule has 2 rings (SSSR count). The second-order valence-corrected chi connectivity index (χ2v) is 3.31. The molecule has 82 valence electrons. The highest BCUT2D eigenvalue weighted by Crippen LogP contribution is 2.04. The Bertz CT molecular complexity index is 426. The van der Waals surface area contributed by atoms with Crippen molar-refractivity contribution in [2.75, 3.05) is 31.2 Å². The van der Waals surface area contributed by atoms with Gasteiger partial charge in [0.2, 0.25) is 5.95 Å². The Hall–Kier alpha value is -1.63. The fourth-order valence-electron chi connectivity index (χ4n) is 1.38. The molecule has 1 aliphatic heterocycles. The molecule has 0 aliphatic carbocycles. The van der Waals surface area contributed by atoms with Gasteiger partial charge in [0.05, 0.1) is 13.2 Å². The smallest absolute Gasteiger partial charge is 0.354 e. The average molecular weight is 212 g/mol. The molecule has 2 heterocycles. The largest absolute Gasteiger partial charge is 0.378 e. The van der Waals surface area contributed by atoms with Gasteiger partial charge in [-0.05, 0) is 0 Å². The highest BCUT2D eigenvalue weighted by Gasteiger charge is 2.14. The molecule has 0 unspecified atom stereocenters. The van der Waals surface area contributed by atoms with E-state index in [4.69, 9.17) is 4.74 Å². The summed E-state index contributed by atoms with van der Waals surface area (Å²) < 4.78 is 6.10. The predicted octanol–water partition coefficient (Wildman–Crippen LogP) is -1.69. The third-order valence-corrected chi connectivity index (χ3v) is 2.32. The fourth-order valence-corrected chi connectivity index (χ4v) is 1.38. The van der Waals surface area contributed by atoms with Crippen LogP contribution in [0, 0.1) is 0 Å². The molecule has 1 aliphatic rings. The van der Waals surface area contributed by atoms with Crippen LogP contribution in [-0.4, -0.2) is 40.8 Å². The summed E-state index contributed by atoms with van der Waals surface area (Å²) in [6.45, 7) is 2.43. The number of aromatic nitrogens is 3. The number of ether oxygens (including phenoxy) is 1. The first-order valence-corrected chi connectivity index (χ1v) is 4.68. The van der Waals surface area contributed by atoms with Gasteiger partial charge in [-0.2, -0.15) is 4.98 Å². The van der Waals surface area contributed by atoms with Crippen LogP contribution in [0.1, 0.15) is 0 Å². The first-order valence-electron chi connectivity index (χ1n) is 4.68. The normalized spacial score (nSPS) is 16.7. The van der Waals surface area contributed by atoms with Gasteiger partial charge >= 0.3 is 11.4 Å². The lowest BCUT2D eigenvalue weighted by molar-refractivity contribution is 0.122. The summed E-state index contributed by atoms with van der Waals surface area (Å²) >= 11 is 0. The van der Waals surface area contributed by atoms with Crippen LogP contribution in [-0.2, 0) is 11.8 Å². The Morgan fingerprint density at radius 1 is 1.33 bits per heavy atom. The number of H-pyrrole nitrogens is 1. The van der Waals surface area contributed by atoms with Crippen LogP contribution in [0.3, 0.4) is 0 Å². The first kappa shape index (κ1) is 9.91. The van der Waals surface area contributed by atoms with E-state index in [1.807, 2.05) is 4.90 Å². The number of morpholine rings is 1. The van der Waals surface area contributed by atoms with E-state index >= 15 is 0 Å². The Balaban J connectivity index is 2.36. The van der Waals surface area contributed by atoms with Gasteiger partial charge in [0.15, 0.2) is 0 Å². The van der Waals surface area contributed by atoms with Gasteiger partial charge < -0.3 is 9.64 Å². The van der Waals surface area contributed by atoms with Crippen LogP contribution in [0.25, 0.3) is 0 Å². The topological polar surface area (TPSA) is 80.2 Å². The number of anilines is 1. The number of rotatable bonds is 1. The van der Waals surface area contributed by atoms with Gasteiger partial charge in [0.1, 0.15) is 0 Å². The van der Waals surface area contributed by atoms with Crippen molar-refractivity contribution in [1.82, 2.24) is 14.5 Å². The molecule has 0 atom stereocenters. The number of hydrogen-bond acceptors (Lipinski definition) is 5. The Morgan fingerprint density at radius 2 is 2.00 bits per heavy atom. The van der Waals surface area contributed by atoms with E-state index in [0.29, 0.717) is 32.3 Å². The number of aromatic amines is 1. The van der Waals surface area contributed by atoms with Crippen LogP contribution < -0.4 is 16.3 Å². The van der Waals surface area contributed by atoms with Gasteiger partial charge in [-0.25, -0.2) is 14.2 Å². The molecular formula is C8H12N4O3. The molecule has 0 saturated carbocycles. The maximum absolute atomic E-state index is 11.3. The van der Waals surface area contributed by atoms with E-state index < -0.39 is 11.4 Å². The molecule has 1 N–H and O–H groups in total. The molecule has 0 amide bonds. The van der Waals surface area contributed by atoms with Crippen molar-refractivity contribution in [3.05, 3.63) is 21.0 Å². The van der Waals surface area contributed by atoms with Crippen LogP contribution in [0.15, 0.2) is 9.59 Å². The van der Waals surface area contributed by atoms with Crippen LogP contribution in [0.2, 0.25) is 0 Å². The maximum atomic E-state index is 11.3. The maximum Gasteiger partial charge on any atom is 0.354 e. The second-order valence-electron chi connectivity index (χ2n) is 3.31. The van der Waals surface area contributed by atoms with Gasteiger partial charge in [-0.3, -0.25) is 4.98 Å². The molecule has 7 heteroatoms. The standard InChI is InChI=1S/C8H12N4O3/c1-11-7(13)9-6(10-8(11)14)12-2-4-15-5-3-12/h2-5H2,1H3,(H,9,10,13,14). The lowest BCUT2D eigenvalue weighted by atomic mass is 10.4. The van der Waals surface area contributed by atoms with Crippen LogP contribution in [0.4, 0.5) is 5.95 Å². The van der Waals surface area contributed by atoms with Crippen LogP contribution >= 0.6 is 0 Å². The lowest BCUT2D eigenvalue weighted by Crippen LogP contribution is -2.42. The lowest BCUT2D eigenvalue weighted by Gasteiger charge is -2.26. The zero-order valence-corrected chi connectivity index (χ0v) is 8.39. The van der Waals surface area contributed by atoms with Crippen molar-refractivity contribution in [2.24, 2.45) is 7.05 Å². The SMILES string of the molecule is Cn1c(=O)nc(N2CCOCC2)[nH]c1=O. The van der Waals surface area contributed by atoms with Crippen molar-refractivity contribution in [1.29, 1.82) is 0 Å².